The monoisotopic (exact) mass is 403 g/mol. The van der Waals surface area contributed by atoms with Crippen LogP contribution >= 0.6 is 0 Å². The molecule has 1 atom stereocenters. The SMILES string of the molecule is Cc1ncccc1-c1cc2c(n3ncnc13)NCc1c(F)ccc3c1[C@@H](CO3)CO2. The summed E-state index contributed by atoms with van der Waals surface area (Å²) in [5.74, 6) is 1.72. The first kappa shape index (κ1) is 17.2. The molecule has 1 aromatic carbocycles. The van der Waals surface area contributed by atoms with Crippen molar-refractivity contribution in [2.45, 2.75) is 19.4 Å². The molecule has 2 aliphatic heterocycles. The van der Waals surface area contributed by atoms with Gasteiger partial charge in [0.15, 0.2) is 17.2 Å². The Morgan fingerprint density at radius 2 is 1.97 bits per heavy atom. The van der Waals surface area contributed by atoms with Crippen LogP contribution in [-0.4, -0.2) is 32.8 Å². The minimum absolute atomic E-state index is 0.0338. The number of benzene rings is 1. The second-order valence-electron chi connectivity index (χ2n) is 7.51. The van der Waals surface area contributed by atoms with Gasteiger partial charge in [-0.05, 0) is 31.2 Å². The Kier molecular flexibility index (Phi) is 3.68. The quantitative estimate of drug-likeness (QED) is 0.522. The van der Waals surface area contributed by atoms with Crippen LogP contribution in [-0.2, 0) is 6.54 Å². The van der Waals surface area contributed by atoms with Crippen molar-refractivity contribution >= 4 is 11.5 Å². The minimum Gasteiger partial charge on any atom is -0.493 e. The number of aryl methyl sites for hydroxylation is 1. The smallest absolute Gasteiger partial charge is 0.172 e. The molecule has 30 heavy (non-hydrogen) atoms. The number of nitrogens with one attached hydrogen (secondary N) is 1. The molecule has 0 spiro atoms. The van der Waals surface area contributed by atoms with Crippen molar-refractivity contribution in [1.29, 1.82) is 0 Å². The normalized spacial score (nSPS) is 17.1. The molecule has 7 nitrogen and oxygen atoms in total. The molecule has 150 valence electrons. The maximum absolute atomic E-state index is 14.7. The molecule has 6 rings (SSSR count). The zero-order valence-corrected chi connectivity index (χ0v) is 16.2. The predicted molar refractivity (Wildman–Crippen MR) is 108 cm³/mol. The largest absolute Gasteiger partial charge is 0.493 e. The van der Waals surface area contributed by atoms with Crippen LogP contribution in [0.25, 0.3) is 16.8 Å². The van der Waals surface area contributed by atoms with Crippen LogP contribution in [0.15, 0.2) is 42.9 Å². The van der Waals surface area contributed by atoms with E-state index in [2.05, 4.69) is 20.4 Å². The fourth-order valence-electron chi connectivity index (χ4n) is 4.33. The Hall–Kier alpha value is -3.68. The first-order valence-electron chi connectivity index (χ1n) is 9.80. The molecule has 0 unspecified atom stereocenters. The van der Waals surface area contributed by atoms with E-state index in [1.54, 1.807) is 16.8 Å². The van der Waals surface area contributed by atoms with E-state index in [-0.39, 0.29) is 11.7 Å². The molecule has 2 aliphatic rings. The molecule has 0 bridgehead atoms. The van der Waals surface area contributed by atoms with Crippen molar-refractivity contribution in [2.75, 3.05) is 18.5 Å². The van der Waals surface area contributed by atoms with Gasteiger partial charge in [0.2, 0.25) is 0 Å². The topological polar surface area (TPSA) is 73.6 Å². The average Bonchev–Trinajstić information content (AvgIpc) is 3.40. The van der Waals surface area contributed by atoms with Crippen LogP contribution in [0.4, 0.5) is 10.2 Å². The number of pyridine rings is 2. The highest BCUT2D eigenvalue weighted by Crippen LogP contribution is 2.41. The number of fused-ring (bicyclic) bond motifs is 3. The van der Waals surface area contributed by atoms with E-state index < -0.39 is 0 Å². The lowest BCUT2D eigenvalue weighted by atomic mass is 9.96. The first-order chi connectivity index (χ1) is 14.7. The van der Waals surface area contributed by atoms with Crippen molar-refractivity contribution in [3.63, 3.8) is 0 Å². The molecule has 5 heterocycles. The van der Waals surface area contributed by atoms with Gasteiger partial charge in [-0.2, -0.15) is 9.61 Å². The molecule has 4 aromatic rings. The maximum atomic E-state index is 14.7. The van der Waals surface area contributed by atoms with Crippen LogP contribution in [0.5, 0.6) is 11.5 Å². The van der Waals surface area contributed by atoms with Gasteiger partial charge in [0.05, 0.1) is 19.1 Å². The van der Waals surface area contributed by atoms with Crippen LogP contribution in [0.3, 0.4) is 0 Å². The van der Waals surface area contributed by atoms with Gasteiger partial charge in [-0.3, -0.25) is 4.98 Å². The lowest BCUT2D eigenvalue weighted by Gasteiger charge is -2.16. The first-order valence-corrected chi connectivity index (χ1v) is 9.80. The zero-order chi connectivity index (χ0) is 20.2. The highest BCUT2D eigenvalue weighted by Gasteiger charge is 2.31. The number of hydrogen-bond acceptors (Lipinski definition) is 6. The van der Waals surface area contributed by atoms with E-state index in [4.69, 9.17) is 9.47 Å². The third-order valence-corrected chi connectivity index (χ3v) is 5.79. The van der Waals surface area contributed by atoms with E-state index in [9.17, 15) is 4.39 Å². The minimum atomic E-state index is -0.252. The van der Waals surface area contributed by atoms with E-state index in [0.717, 1.165) is 28.1 Å². The summed E-state index contributed by atoms with van der Waals surface area (Å²) < 4.78 is 28.4. The highest BCUT2D eigenvalue weighted by atomic mass is 19.1. The molecule has 0 saturated heterocycles. The lowest BCUT2D eigenvalue weighted by molar-refractivity contribution is 0.248. The summed E-state index contributed by atoms with van der Waals surface area (Å²) in [5.41, 5.74) is 4.90. The number of rotatable bonds is 1. The third kappa shape index (κ3) is 2.46. The lowest BCUT2D eigenvalue weighted by Crippen LogP contribution is -2.13. The Bertz CT molecular complexity index is 1300. The van der Waals surface area contributed by atoms with Crippen molar-refractivity contribution in [3.05, 3.63) is 65.5 Å². The van der Waals surface area contributed by atoms with E-state index in [0.29, 0.717) is 42.5 Å². The molecular weight excluding hydrogens is 385 g/mol. The predicted octanol–water partition coefficient (Wildman–Crippen LogP) is 3.72. The van der Waals surface area contributed by atoms with Crippen molar-refractivity contribution in [1.82, 2.24) is 19.6 Å². The Morgan fingerprint density at radius 3 is 2.83 bits per heavy atom. The van der Waals surface area contributed by atoms with E-state index >= 15 is 0 Å². The standard InChI is InChI=1S/C22H18FN5O2/c1-12-14(3-2-6-24-12)15-7-19-22(28-21(15)26-11-27-28)25-8-16-17(23)4-5-18-20(16)13(9-29-18)10-30-19/h2-7,11,13,25H,8-10H2,1H3/t13-/m0/s1. The summed E-state index contributed by atoms with van der Waals surface area (Å²) in [5, 5.41) is 7.73. The fourth-order valence-corrected chi connectivity index (χ4v) is 4.33. The Labute approximate surface area is 171 Å². The van der Waals surface area contributed by atoms with Crippen LogP contribution < -0.4 is 14.8 Å². The van der Waals surface area contributed by atoms with Gasteiger partial charge in [-0.15, -0.1) is 0 Å². The second kappa shape index (κ2) is 6.41. The molecule has 0 amide bonds. The number of nitrogens with zero attached hydrogens (tertiary/aromatic N) is 4. The van der Waals surface area contributed by atoms with Gasteiger partial charge in [-0.25, -0.2) is 9.37 Å². The van der Waals surface area contributed by atoms with Crippen LogP contribution in [0, 0.1) is 12.7 Å². The third-order valence-electron chi connectivity index (χ3n) is 5.79. The van der Waals surface area contributed by atoms with Crippen LogP contribution in [0.2, 0.25) is 0 Å². The molecular formula is C22H18FN5O2. The van der Waals surface area contributed by atoms with Gasteiger partial charge < -0.3 is 14.8 Å². The molecule has 3 aromatic heterocycles. The number of hydrogen-bond donors (Lipinski definition) is 1. The molecule has 1 N–H and O–H groups in total. The van der Waals surface area contributed by atoms with Crippen molar-refractivity contribution in [2.24, 2.45) is 0 Å². The number of halogens is 1. The highest BCUT2D eigenvalue weighted by molar-refractivity contribution is 5.82. The maximum Gasteiger partial charge on any atom is 0.172 e. The van der Waals surface area contributed by atoms with Crippen LogP contribution in [0.1, 0.15) is 22.7 Å². The van der Waals surface area contributed by atoms with Crippen molar-refractivity contribution in [3.8, 4) is 22.6 Å². The molecule has 0 saturated carbocycles. The summed E-state index contributed by atoms with van der Waals surface area (Å²) in [7, 11) is 0. The Morgan fingerprint density at radius 1 is 1.10 bits per heavy atom. The summed E-state index contributed by atoms with van der Waals surface area (Å²) in [6.07, 6.45) is 3.27. The van der Waals surface area contributed by atoms with E-state index in [1.165, 1.54) is 12.4 Å². The summed E-state index contributed by atoms with van der Waals surface area (Å²) in [6.45, 7) is 3.11. The number of ether oxygens (including phenoxy) is 2. The van der Waals surface area contributed by atoms with Crippen molar-refractivity contribution < 1.29 is 13.9 Å². The summed E-state index contributed by atoms with van der Waals surface area (Å²) in [4.78, 5) is 8.86. The number of anilines is 1. The molecule has 8 heteroatoms. The molecule has 0 radical (unpaired) electrons. The van der Waals surface area contributed by atoms with Gasteiger partial charge >= 0.3 is 0 Å². The summed E-state index contributed by atoms with van der Waals surface area (Å²) in [6, 6.07) is 9.01. The zero-order valence-electron chi connectivity index (χ0n) is 16.2. The molecule has 0 fully saturated rings. The van der Waals surface area contributed by atoms with E-state index in [1.807, 2.05) is 25.1 Å². The van der Waals surface area contributed by atoms with Gasteiger partial charge in [0.1, 0.15) is 17.9 Å². The van der Waals surface area contributed by atoms with Gasteiger partial charge in [0, 0.05) is 40.7 Å². The van der Waals surface area contributed by atoms with Gasteiger partial charge in [-0.1, -0.05) is 6.07 Å². The Balaban J connectivity index is 1.54. The molecule has 0 aliphatic carbocycles. The fraction of sp³-hybridized carbons (Fsp3) is 0.227. The van der Waals surface area contributed by atoms with Gasteiger partial charge in [0.25, 0.3) is 0 Å². The summed E-state index contributed by atoms with van der Waals surface area (Å²) >= 11 is 0. The number of aromatic nitrogens is 4. The average molecular weight is 403 g/mol. The second-order valence-corrected chi connectivity index (χ2v) is 7.51.